The molecule has 166 valence electrons. The standard InChI is InChI=1S/C23H25BrN2O4.ClH/c1-14-7-9-26(10-8-14)18(20-6-3-15(2)29-20)13-25-23(28)22-12-19(27)17-5-4-16(24)11-21(17)30-22;/h3-6,11-12,14,18H,7-10,13H2,1-2H3,(H,25,28);1H. The van der Waals surface area contributed by atoms with Gasteiger partial charge in [-0.1, -0.05) is 22.9 Å². The quantitative estimate of drug-likeness (QED) is 0.519. The smallest absolute Gasteiger partial charge is 0.287 e. The number of nitrogens with one attached hydrogen (secondary N) is 1. The maximum absolute atomic E-state index is 12.8. The highest BCUT2D eigenvalue weighted by Crippen LogP contribution is 2.28. The Labute approximate surface area is 195 Å². The van der Waals surface area contributed by atoms with E-state index in [1.54, 1.807) is 18.2 Å². The Kier molecular flexibility index (Phi) is 7.62. The molecule has 8 heteroatoms. The Balaban J connectivity index is 0.00000272. The lowest BCUT2D eigenvalue weighted by molar-refractivity contribution is 0.0870. The molecule has 1 aliphatic heterocycles. The summed E-state index contributed by atoms with van der Waals surface area (Å²) in [4.78, 5) is 27.5. The van der Waals surface area contributed by atoms with Gasteiger partial charge in [0.15, 0.2) is 11.2 Å². The van der Waals surface area contributed by atoms with E-state index in [0.29, 0.717) is 23.4 Å². The van der Waals surface area contributed by atoms with Gasteiger partial charge >= 0.3 is 0 Å². The molecule has 0 saturated carbocycles. The van der Waals surface area contributed by atoms with Crippen LogP contribution in [0, 0.1) is 12.8 Å². The summed E-state index contributed by atoms with van der Waals surface area (Å²) in [6.45, 7) is 6.48. The molecule has 31 heavy (non-hydrogen) atoms. The summed E-state index contributed by atoms with van der Waals surface area (Å²) in [5.41, 5.74) is 0.141. The molecule has 1 fully saturated rings. The fraction of sp³-hybridized carbons (Fsp3) is 0.391. The minimum Gasteiger partial charge on any atom is -0.465 e. The summed E-state index contributed by atoms with van der Waals surface area (Å²) < 4.78 is 12.4. The van der Waals surface area contributed by atoms with Crippen molar-refractivity contribution < 1.29 is 13.6 Å². The normalized spacial score (nSPS) is 16.1. The number of hydrogen-bond donors (Lipinski definition) is 1. The van der Waals surface area contributed by atoms with Gasteiger partial charge in [-0.15, -0.1) is 12.4 Å². The minimum atomic E-state index is -0.410. The number of likely N-dealkylation sites (tertiary alicyclic amines) is 1. The number of carbonyl (C=O) groups excluding carboxylic acids is 1. The number of halogens is 2. The summed E-state index contributed by atoms with van der Waals surface area (Å²) in [7, 11) is 0. The molecule has 0 bridgehead atoms. The van der Waals surface area contributed by atoms with E-state index >= 15 is 0 Å². The topological polar surface area (TPSA) is 75.7 Å². The van der Waals surface area contributed by atoms with Crippen molar-refractivity contribution in [2.45, 2.75) is 32.7 Å². The van der Waals surface area contributed by atoms with Gasteiger partial charge in [0.25, 0.3) is 5.91 Å². The molecule has 1 saturated heterocycles. The average molecular weight is 510 g/mol. The van der Waals surface area contributed by atoms with Crippen LogP contribution in [0.15, 0.2) is 54.5 Å². The van der Waals surface area contributed by atoms with Gasteiger partial charge in [0.1, 0.15) is 17.1 Å². The number of rotatable bonds is 5. The number of aryl methyl sites for hydroxylation is 1. The molecule has 1 amide bonds. The van der Waals surface area contributed by atoms with Crippen molar-refractivity contribution in [2.24, 2.45) is 5.92 Å². The van der Waals surface area contributed by atoms with E-state index in [0.717, 1.165) is 41.9 Å². The lowest BCUT2D eigenvalue weighted by Gasteiger charge is -2.35. The van der Waals surface area contributed by atoms with Crippen molar-refractivity contribution in [3.8, 4) is 0 Å². The second-order valence-corrected chi connectivity index (χ2v) is 8.92. The van der Waals surface area contributed by atoms with Gasteiger partial charge < -0.3 is 14.2 Å². The fourth-order valence-corrected chi connectivity index (χ4v) is 4.24. The number of carbonyl (C=O) groups is 1. The monoisotopic (exact) mass is 508 g/mol. The molecule has 0 aliphatic carbocycles. The third kappa shape index (κ3) is 5.40. The van der Waals surface area contributed by atoms with E-state index in [1.807, 2.05) is 19.1 Å². The van der Waals surface area contributed by atoms with Crippen molar-refractivity contribution >= 4 is 45.2 Å². The number of fused-ring (bicyclic) bond motifs is 1. The first-order valence-electron chi connectivity index (χ1n) is 10.2. The fourth-order valence-electron chi connectivity index (χ4n) is 3.90. The van der Waals surface area contributed by atoms with E-state index in [1.165, 1.54) is 6.07 Å². The lowest BCUT2D eigenvalue weighted by Crippen LogP contribution is -2.41. The van der Waals surface area contributed by atoms with Crippen LogP contribution in [0.4, 0.5) is 0 Å². The van der Waals surface area contributed by atoms with Crippen molar-refractivity contribution in [2.75, 3.05) is 19.6 Å². The molecular formula is C23H26BrClN2O4. The molecule has 6 nitrogen and oxygen atoms in total. The lowest BCUT2D eigenvalue weighted by atomic mass is 9.97. The Bertz CT molecular complexity index is 1120. The average Bonchev–Trinajstić information content (AvgIpc) is 3.14. The second-order valence-electron chi connectivity index (χ2n) is 8.01. The first kappa shape index (κ1) is 23.6. The summed E-state index contributed by atoms with van der Waals surface area (Å²) in [5, 5.41) is 3.38. The van der Waals surface area contributed by atoms with Gasteiger partial charge in [-0.2, -0.15) is 0 Å². The van der Waals surface area contributed by atoms with E-state index < -0.39 is 5.91 Å². The SMILES string of the molecule is Cc1ccc(C(CNC(=O)c2cc(=O)c3ccc(Br)cc3o2)N2CCC(C)CC2)o1.Cl. The molecule has 3 aromatic rings. The van der Waals surface area contributed by atoms with Crippen molar-refractivity contribution in [3.63, 3.8) is 0 Å². The highest BCUT2D eigenvalue weighted by Gasteiger charge is 2.27. The number of furan rings is 1. The zero-order chi connectivity index (χ0) is 21.3. The van der Waals surface area contributed by atoms with Crippen LogP contribution in [-0.2, 0) is 0 Å². The molecule has 1 N–H and O–H groups in total. The minimum absolute atomic E-state index is 0. The molecule has 1 aromatic carbocycles. The molecule has 2 aromatic heterocycles. The molecule has 1 aliphatic rings. The van der Waals surface area contributed by atoms with Crippen LogP contribution in [0.1, 0.15) is 47.9 Å². The van der Waals surface area contributed by atoms with Crippen LogP contribution >= 0.6 is 28.3 Å². The number of nitrogens with zero attached hydrogens (tertiary/aromatic N) is 1. The third-order valence-electron chi connectivity index (χ3n) is 5.72. The third-order valence-corrected chi connectivity index (χ3v) is 6.21. The maximum Gasteiger partial charge on any atom is 0.287 e. The highest BCUT2D eigenvalue weighted by atomic mass is 79.9. The van der Waals surface area contributed by atoms with Crippen LogP contribution in [0.3, 0.4) is 0 Å². The van der Waals surface area contributed by atoms with Crippen LogP contribution in [-0.4, -0.2) is 30.4 Å². The number of piperidine rings is 1. The van der Waals surface area contributed by atoms with E-state index in [4.69, 9.17) is 8.83 Å². The van der Waals surface area contributed by atoms with Gasteiger partial charge in [-0.25, -0.2) is 0 Å². The molecule has 1 unspecified atom stereocenters. The number of benzene rings is 1. The van der Waals surface area contributed by atoms with Gasteiger partial charge in [-0.3, -0.25) is 14.5 Å². The van der Waals surface area contributed by atoms with Crippen LogP contribution in [0.2, 0.25) is 0 Å². The second kappa shape index (κ2) is 10.0. The molecule has 0 radical (unpaired) electrons. The van der Waals surface area contributed by atoms with Crippen molar-refractivity contribution in [1.29, 1.82) is 0 Å². The number of hydrogen-bond acceptors (Lipinski definition) is 5. The predicted molar refractivity (Wildman–Crippen MR) is 126 cm³/mol. The molecule has 1 atom stereocenters. The van der Waals surface area contributed by atoms with Crippen LogP contribution in [0.5, 0.6) is 0 Å². The number of amides is 1. The Hall–Kier alpha value is -2.09. The first-order valence-corrected chi connectivity index (χ1v) is 11.0. The summed E-state index contributed by atoms with van der Waals surface area (Å²) in [5.74, 6) is 1.99. The molecular weight excluding hydrogens is 484 g/mol. The zero-order valence-corrected chi connectivity index (χ0v) is 19.9. The summed E-state index contributed by atoms with van der Waals surface area (Å²) in [6.07, 6.45) is 2.25. The predicted octanol–water partition coefficient (Wildman–Crippen LogP) is 5.08. The molecule has 0 spiro atoms. The van der Waals surface area contributed by atoms with E-state index in [-0.39, 0.29) is 29.6 Å². The van der Waals surface area contributed by atoms with Gasteiger partial charge in [-0.05, 0) is 69.1 Å². The van der Waals surface area contributed by atoms with Crippen molar-refractivity contribution in [3.05, 3.63) is 68.4 Å². The van der Waals surface area contributed by atoms with Crippen LogP contribution < -0.4 is 10.7 Å². The van der Waals surface area contributed by atoms with Gasteiger partial charge in [0, 0.05) is 17.1 Å². The Morgan fingerprint density at radius 3 is 2.61 bits per heavy atom. The maximum atomic E-state index is 12.8. The van der Waals surface area contributed by atoms with Gasteiger partial charge in [0.2, 0.25) is 0 Å². The zero-order valence-electron chi connectivity index (χ0n) is 17.5. The molecule has 4 rings (SSSR count). The van der Waals surface area contributed by atoms with Crippen molar-refractivity contribution in [1.82, 2.24) is 10.2 Å². The Morgan fingerprint density at radius 1 is 1.19 bits per heavy atom. The van der Waals surface area contributed by atoms with Crippen LogP contribution in [0.25, 0.3) is 11.0 Å². The highest BCUT2D eigenvalue weighted by molar-refractivity contribution is 9.10. The van der Waals surface area contributed by atoms with Gasteiger partial charge in [0.05, 0.1) is 11.4 Å². The first-order chi connectivity index (χ1) is 14.4. The summed E-state index contributed by atoms with van der Waals surface area (Å²) >= 11 is 3.37. The summed E-state index contributed by atoms with van der Waals surface area (Å²) in [6, 6.07) is 10.2. The molecule has 3 heterocycles. The largest absolute Gasteiger partial charge is 0.465 e. The van der Waals surface area contributed by atoms with E-state index in [2.05, 4.69) is 33.1 Å². The Morgan fingerprint density at radius 2 is 1.94 bits per heavy atom. The van der Waals surface area contributed by atoms with E-state index in [9.17, 15) is 9.59 Å².